The fraction of sp³-hybridized carbons (Fsp3) is 0.500. The zero-order valence-electron chi connectivity index (χ0n) is 13.2. The van der Waals surface area contributed by atoms with Crippen LogP contribution in [-0.2, 0) is 22.4 Å². The first kappa shape index (κ1) is 15.9. The van der Waals surface area contributed by atoms with Crippen molar-refractivity contribution in [1.29, 1.82) is 0 Å². The second-order valence-corrected chi connectivity index (χ2v) is 7.76. The normalized spacial score (nSPS) is 31.8. The van der Waals surface area contributed by atoms with Gasteiger partial charge in [0.15, 0.2) is 11.5 Å². The highest BCUT2D eigenvalue weighted by atomic mass is 32.3. The summed E-state index contributed by atoms with van der Waals surface area (Å²) in [7, 11) is -2.61. The Balaban J connectivity index is 1.92. The van der Waals surface area contributed by atoms with Gasteiger partial charge in [-0.1, -0.05) is 18.2 Å². The molecule has 1 aromatic rings. The van der Waals surface area contributed by atoms with Crippen LogP contribution in [-0.4, -0.2) is 48.8 Å². The van der Waals surface area contributed by atoms with Crippen LogP contribution in [0.4, 0.5) is 0 Å². The predicted octanol–water partition coefficient (Wildman–Crippen LogP) is 1.02. The topological polar surface area (TPSA) is 96.3 Å². The minimum atomic E-state index is -4.64. The van der Waals surface area contributed by atoms with Gasteiger partial charge >= 0.3 is 10.4 Å². The Morgan fingerprint density at radius 1 is 1.42 bits per heavy atom. The van der Waals surface area contributed by atoms with Crippen molar-refractivity contribution < 1.29 is 27.0 Å². The van der Waals surface area contributed by atoms with E-state index in [2.05, 4.69) is 4.90 Å². The number of aliphatic hydroxyl groups is 1. The van der Waals surface area contributed by atoms with E-state index in [1.807, 2.05) is 19.2 Å². The largest absolute Gasteiger partial charge is 0.485 e. The molecule has 1 spiro atoms. The molecule has 130 valence electrons. The zero-order valence-corrected chi connectivity index (χ0v) is 14.0. The van der Waals surface area contributed by atoms with E-state index < -0.39 is 21.9 Å². The minimum absolute atomic E-state index is 0.0162. The number of rotatable bonds is 2. The molecule has 8 heteroatoms. The third-order valence-corrected chi connectivity index (χ3v) is 5.51. The molecule has 0 saturated heterocycles. The van der Waals surface area contributed by atoms with E-state index in [1.165, 1.54) is 6.07 Å². The summed E-state index contributed by atoms with van der Waals surface area (Å²) < 4.78 is 42.1. The smallest absolute Gasteiger partial charge is 0.446 e. The number of aliphatic hydroxyl groups excluding tert-OH is 1. The van der Waals surface area contributed by atoms with Crippen LogP contribution in [0.5, 0.6) is 11.5 Å². The highest BCUT2D eigenvalue weighted by Gasteiger charge is 2.52. The molecule has 0 saturated carbocycles. The molecule has 2 heterocycles. The number of hydrogen-bond acceptors (Lipinski definition) is 6. The maximum atomic E-state index is 11.2. The van der Waals surface area contributed by atoms with Gasteiger partial charge in [-0.15, -0.1) is 0 Å². The van der Waals surface area contributed by atoms with Crippen LogP contribution in [0.15, 0.2) is 24.3 Å². The summed E-state index contributed by atoms with van der Waals surface area (Å²) in [5.74, 6) is 0.335. The van der Waals surface area contributed by atoms with Gasteiger partial charge in [0.1, 0.15) is 6.10 Å². The molecule has 4 rings (SSSR count). The summed E-state index contributed by atoms with van der Waals surface area (Å²) in [6.07, 6.45) is 4.11. The van der Waals surface area contributed by atoms with Crippen LogP contribution in [0.1, 0.15) is 24.0 Å². The molecule has 3 atom stereocenters. The van der Waals surface area contributed by atoms with Crippen LogP contribution in [0.2, 0.25) is 0 Å². The Morgan fingerprint density at radius 2 is 2.21 bits per heavy atom. The highest BCUT2D eigenvalue weighted by Crippen LogP contribution is 2.55. The Kier molecular flexibility index (Phi) is 3.44. The van der Waals surface area contributed by atoms with E-state index >= 15 is 0 Å². The summed E-state index contributed by atoms with van der Waals surface area (Å²) >= 11 is 0. The first-order valence-electron chi connectivity index (χ1n) is 7.84. The van der Waals surface area contributed by atoms with E-state index in [-0.39, 0.29) is 11.9 Å². The van der Waals surface area contributed by atoms with Gasteiger partial charge in [-0.3, -0.25) is 4.55 Å². The van der Waals surface area contributed by atoms with Crippen molar-refractivity contribution in [3.05, 3.63) is 35.4 Å². The standard InChI is InChI=1S/C16H19NO6S/c1-17-7-6-16-5-4-11(18)8-13(16)22-15-12(23-24(19,20)21)3-2-10(9-17)14(15)16/h2-5,11,13,18H,6-9H2,1H3,(H,19,20,21)/t11-,13-,16-/m0/s1. The van der Waals surface area contributed by atoms with Crippen LogP contribution < -0.4 is 8.92 Å². The summed E-state index contributed by atoms with van der Waals surface area (Å²) in [6.45, 7) is 1.56. The predicted molar refractivity (Wildman–Crippen MR) is 85.4 cm³/mol. The van der Waals surface area contributed by atoms with E-state index in [0.29, 0.717) is 18.7 Å². The summed E-state index contributed by atoms with van der Waals surface area (Å²) in [4.78, 5) is 2.20. The Bertz CT molecular complexity index is 820. The lowest BCUT2D eigenvalue weighted by molar-refractivity contribution is 0.0826. The number of benzene rings is 1. The lowest BCUT2D eigenvalue weighted by atomic mass is 9.69. The molecule has 0 bridgehead atoms. The van der Waals surface area contributed by atoms with Crippen LogP contribution >= 0.6 is 0 Å². The average Bonchev–Trinajstić information content (AvgIpc) is 2.74. The third kappa shape index (κ3) is 2.41. The number of nitrogens with zero attached hydrogens (tertiary/aromatic N) is 1. The molecule has 24 heavy (non-hydrogen) atoms. The Morgan fingerprint density at radius 3 is 2.96 bits per heavy atom. The van der Waals surface area contributed by atoms with Crippen molar-refractivity contribution in [1.82, 2.24) is 4.90 Å². The molecule has 1 aliphatic carbocycles. The lowest BCUT2D eigenvalue weighted by Crippen LogP contribution is -2.42. The maximum absolute atomic E-state index is 11.2. The molecule has 2 aliphatic heterocycles. The van der Waals surface area contributed by atoms with E-state index in [9.17, 15) is 13.5 Å². The average molecular weight is 353 g/mol. The number of ether oxygens (including phenoxy) is 1. The quantitative estimate of drug-likeness (QED) is 0.605. The van der Waals surface area contributed by atoms with Gasteiger partial charge in [0.25, 0.3) is 0 Å². The van der Waals surface area contributed by atoms with E-state index in [0.717, 1.165) is 24.1 Å². The molecule has 0 fully saturated rings. The molecule has 7 nitrogen and oxygen atoms in total. The third-order valence-electron chi connectivity index (χ3n) is 5.12. The highest BCUT2D eigenvalue weighted by molar-refractivity contribution is 7.81. The second kappa shape index (κ2) is 5.19. The van der Waals surface area contributed by atoms with Gasteiger partial charge in [-0.05, 0) is 31.6 Å². The summed E-state index contributed by atoms with van der Waals surface area (Å²) in [5, 5.41) is 9.97. The SMILES string of the molecule is CN1CC[C@@]23C=C[C@H](O)C[C@@H]2Oc2c(OS(=O)(=O)O)ccc(c23)C1. The molecule has 0 unspecified atom stereocenters. The molecule has 0 aromatic heterocycles. The molecule has 3 aliphatic rings. The minimum Gasteiger partial charge on any atom is -0.485 e. The van der Waals surface area contributed by atoms with Gasteiger partial charge in [0.05, 0.1) is 11.5 Å². The first-order chi connectivity index (χ1) is 11.3. The monoisotopic (exact) mass is 353 g/mol. The van der Waals surface area contributed by atoms with Gasteiger partial charge in [-0.25, -0.2) is 0 Å². The first-order valence-corrected chi connectivity index (χ1v) is 9.21. The van der Waals surface area contributed by atoms with Gasteiger partial charge < -0.3 is 18.9 Å². The fourth-order valence-electron chi connectivity index (χ4n) is 4.10. The van der Waals surface area contributed by atoms with Crippen LogP contribution in [0, 0.1) is 0 Å². The van der Waals surface area contributed by atoms with Crippen LogP contribution in [0.25, 0.3) is 0 Å². The van der Waals surface area contributed by atoms with Gasteiger partial charge in [0.2, 0.25) is 0 Å². The number of hydrogen-bond donors (Lipinski definition) is 2. The molecule has 2 N–H and O–H groups in total. The molecule has 1 aromatic carbocycles. The summed E-state index contributed by atoms with van der Waals surface area (Å²) in [6, 6.07) is 3.32. The van der Waals surface area contributed by atoms with Crippen LogP contribution in [0.3, 0.4) is 0 Å². The zero-order chi connectivity index (χ0) is 17.1. The Labute approximate surface area is 140 Å². The second-order valence-electron chi connectivity index (χ2n) is 6.73. The fourth-order valence-corrected chi connectivity index (χ4v) is 4.45. The van der Waals surface area contributed by atoms with E-state index in [4.69, 9.17) is 13.5 Å². The van der Waals surface area contributed by atoms with Gasteiger partial charge in [-0.2, -0.15) is 8.42 Å². The molecule has 0 amide bonds. The lowest BCUT2D eigenvalue weighted by Gasteiger charge is -2.35. The van der Waals surface area contributed by atoms with Gasteiger partial charge in [0, 0.05) is 18.5 Å². The molecular weight excluding hydrogens is 334 g/mol. The van der Waals surface area contributed by atoms with Crippen molar-refractivity contribution in [2.24, 2.45) is 0 Å². The van der Waals surface area contributed by atoms with Crippen molar-refractivity contribution in [3.8, 4) is 11.5 Å². The van der Waals surface area contributed by atoms with Crippen molar-refractivity contribution in [2.45, 2.75) is 37.0 Å². The van der Waals surface area contributed by atoms with Crippen molar-refractivity contribution in [3.63, 3.8) is 0 Å². The Hall–Kier alpha value is -1.61. The maximum Gasteiger partial charge on any atom is 0.446 e. The van der Waals surface area contributed by atoms with Crippen molar-refractivity contribution >= 4 is 10.4 Å². The van der Waals surface area contributed by atoms with Crippen molar-refractivity contribution in [2.75, 3.05) is 13.6 Å². The molecular formula is C16H19NO6S. The summed E-state index contributed by atoms with van der Waals surface area (Å²) in [5.41, 5.74) is 1.53. The van der Waals surface area contributed by atoms with E-state index in [1.54, 1.807) is 6.08 Å². The molecule has 0 radical (unpaired) electrons.